The summed E-state index contributed by atoms with van der Waals surface area (Å²) >= 11 is 0. The first-order valence-corrected chi connectivity index (χ1v) is 6.23. The Hall–Kier alpha value is -1.67. The summed E-state index contributed by atoms with van der Waals surface area (Å²) in [5.74, 6) is 0. The molecule has 0 spiro atoms. The molecular formula is C11H17F3N2O4. The maximum absolute atomic E-state index is 11.8. The van der Waals surface area contributed by atoms with E-state index in [0.29, 0.717) is 25.9 Å². The first-order chi connectivity index (χ1) is 9.31. The van der Waals surface area contributed by atoms with Crippen molar-refractivity contribution < 1.29 is 32.2 Å². The molecule has 0 aromatic heterocycles. The number of rotatable bonds is 3. The lowest BCUT2D eigenvalue weighted by Crippen LogP contribution is -2.47. The standard InChI is InChI=1S/C11H17F3N2O4/c1-2-19-10(18)16-5-3-8(4-6-16)15-9(17)20-7-11(12,13)14/h8H,2-7H2,1H3,(H,15,17). The molecule has 2 amide bonds. The Morgan fingerprint density at radius 1 is 1.25 bits per heavy atom. The van der Waals surface area contributed by atoms with Crippen molar-refractivity contribution in [2.45, 2.75) is 32.0 Å². The molecule has 1 saturated heterocycles. The summed E-state index contributed by atoms with van der Waals surface area (Å²) in [6, 6.07) is -0.304. The molecule has 6 nitrogen and oxygen atoms in total. The molecule has 20 heavy (non-hydrogen) atoms. The minimum atomic E-state index is -4.54. The number of alkyl halides is 3. The number of halogens is 3. The Labute approximate surface area is 114 Å². The topological polar surface area (TPSA) is 67.9 Å². The van der Waals surface area contributed by atoms with Gasteiger partial charge in [0.2, 0.25) is 0 Å². The highest BCUT2D eigenvalue weighted by Gasteiger charge is 2.30. The zero-order chi connectivity index (χ0) is 15.2. The van der Waals surface area contributed by atoms with E-state index < -0.39 is 25.0 Å². The van der Waals surface area contributed by atoms with E-state index in [0.717, 1.165) is 0 Å². The predicted octanol–water partition coefficient (Wildman–Crippen LogP) is 1.90. The predicted molar refractivity (Wildman–Crippen MR) is 62.2 cm³/mol. The summed E-state index contributed by atoms with van der Waals surface area (Å²) in [5.41, 5.74) is 0. The van der Waals surface area contributed by atoms with E-state index in [2.05, 4.69) is 10.1 Å². The molecule has 0 aromatic rings. The number of amides is 2. The van der Waals surface area contributed by atoms with Gasteiger partial charge in [0.1, 0.15) is 0 Å². The van der Waals surface area contributed by atoms with Gasteiger partial charge in [-0.3, -0.25) is 0 Å². The molecule has 116 valence electrons. The number of alkyl carbamates (subject to hydrolysis) is 1. The van der Waals surface area contributed by atoms with Gasteiger partial charge < -0.3 is 19.7 Å². The minimum absolute atomic E-state index is 0.279. The van der Waals surface area contributed by atoms with Crippen molar-refractivity contribution in [1.29, 1.82) is 0 Å². The van der Waals surface area contributed by atoms with E-state index in [1.54, 1.807) is 6.92 Å². The number of likely N-dealkylation sites (tertiary alicyclic amines) is 1. The number of nitrogens with zero attached hydrogens (tertiary/aromatic N) is 1. The molecular weight excluding hydrogens is 281 g/mol. The summed E-state index contributed by atoms with van der Waals surface area (Å²) in [4.78, 5) is 24.0. The van der Waals surface area contributed by atoms with E-state index in [1.165, 1.54) is 4.90 Å². The second-order valence-electron chi connectivity index (χ2n) is 4.30. The molecule has 1 fully saturated rings. The zero-order valence-corrected chi connectivity index (χ0v) is 11.0. The third-order valence-corrected chi connectivity index (χ3v) is 2.71. The molecule has 1 rings (SSSR count). The lowest BCUT2D eigenvalue weighted by atomic mass is 10.1. The first kappa shape index (κ1) is 16.4. The van der Waals surface area contributed by atoms with Crippen molar-refractivity contribution in [2.75, 3.05) is 26.3 Å². The average Bonchev–Trinajstić information content (AvgIpc) is 2.37. The van der Waals surface area contributed by atoms with E-state index in [4.69, 9.17) is 4.74 Å². The highest BCUT2D eigenvalue weighted by atomic mass is 19.4. The van der Waals surface area contributed by atoms with Crippen molar-refractivity contribution in [2.24, 2.45) is 0 Å². The van der Waals surface area contributed by atoms with Gasteiger partial charge in [-0.2, -0.15) is 13.2 Å². The van der Waals surface area contributed by atoms with Crippen molar-refractivity contribution in [3.05, 3.63) is 0 Å². The van der Waals surface area contributed by atoms with Crippen LogP contribution in [0.3, 0.4) is 0 Å². The summed E-state index contributed by atoms with van der Waals surface area (Å²) in [6.07, 6.45) is -5.17. The molecule has 1 N–H and O–H groups in total. The normalized spacial score (nSPS) is 16.7. The van der Waals surface area contributed by atoms with Crippen LogP contribution in [0.1, 0.15) is 19.8 Å². The number of carbonyl (C=O) groups excluding carboxylic acids is 2. The van der Waals surface area contributed by atoms with Crippen LogP contribution in [0.25, 0.3) is 0 Å². The van der Waals surface area contributed by atoms with Gasteiger partial charge in [-0.15, -0.1) is 0 Å². The number of piperidine rings is 1. The maximum Gasteiger partial charge on any atom is 0.422 e. The summed E-state index contributed by atoms with van der Waals surface area (Å²) in [6.45, 7) is 1.12. The number of ether oxygens (including phenoxy) is 2. The van der Waals surface area contributed by atoms with Gasteiger partial charge in [-0.05, 0) is 19.8 Å². The summed E-state index contributed by atoms with van der Waals surface area (Å²) in [5, 5.41) is 2.34. The Bertz CT molecular complexity index is 341. The van der Waals surface area contributed by atoms with Crippen molar-refractivity contribution in [3.63, 3.8) is 0 Å². The summed E-state index contributed by atoms with van der Waals surface area (Å²) < 4.78 is 44.4. The van der Waals surface area contributed by atoms with Crippen LogP contribution in [0, 0.1) is 0 Å². The molecule has 1 heterocycles. The Morgan fingerprint density at radius 3 is 2.35 bits per heavy atom. The fourth-order valence-electron chi connectivity index (χ4n) is 1.78. The van der Waals surface area contributed by atoms with Gasteiger partial charge >= 0.3 is 18.4 Å². The van der Waals surface area contributed by atoms with Crippen LogP contribution in [0.15, 0.2) is 0 Å². The molecule has 0 saturated carbocycles. The monoisotopic (exact) mass is 298 g/mol. The second kappa shape index (κ2) is 7.20. The Morgan fingerprint density at radius 2 is 1.85 bits per heavy atom. The lowest BCUT2D eigenvalue weighted by Gasteiger charge is -2.31. The van der Waals surface area contributed by atoms with Gasteiger partial charge in [-0.1, -0.05) is 0 Å². The molecule has 1 aliphatic rings. The maximum atomic E-state index is 11.8. The van der Waals surface area contributed by atoms with Crippen LogP contribution >= 0.6 is 0 Å². The van der Waals surface area contributed by atoms with Crippen LogP contribution in [0.4, 0.5) is 22.8 Å². The second-order valence-corrected chi connectivity index (χ2v) is 4.30. The highest BCUT2D eigenvalue weighted by Crippen LogP contribution is 2.15. The number of nitrogens with one attached hydrogen (secondary N) is 1. The Kier molecular flexibility index (Phi) is 5.90. The van der Waals surface area contributed by atoms with E-state index >= 15 is 0 Å². The largest absolute Gasteiger partial charge is 0.450 e. The average molecular weight is 298 g/mol. The molecule has 0 atom stereocenters. The Balaban J connectivity index is 2.25. The molecule has 9 heteroatoms. The van der Waals surface area contributed by atoms with Crippen LogP contribution < -0.4 is 5.32 Å². The smallest absolute Gasteiger partial charge is 0.422 e. The van der Waals surface area contributed by atoms with Crippen molar-refractivity contribution in [3.8, 4) is 0 Å². The lowest BCUT2D eigenvalue weighted by molar-refractivity contribution is -0.160. The third kappa shape index (κ3) is 5.98. The number of carbonyl (C=O) groups is 2. The fourth-order valence-corrected chi connectivity index (χ4v) is 1.78. The molecule has 1 aliphatic heterocycles. The zero-order valence-electron chi connectivity index (χ0n) is 11.0. The molecule has 0 aromatic carbocycles. The van der Waals surface area contributed by atoms with Gasteiger partial charge in [0.25, 0.3) is 0 Å². The molecule has 0 bridgehead atoms. The van der Waals surface area contributed by atoms with Crippen LogP contribution in [-0.4, -0.2) is 55.6 Å². The molecule has 0 unspecified atom stereocenters. The molecule has 0 aliphatic carbocycles. The number of hydrogen-bond acceptors (Lipinski definition) is 4. The molecule has 0 radical (unpaired) electrons. The third-order valence-electron chi connectivity index (χ3n) is 2.71. The van der Waals surface area contributed by atoms with Crippen LogP contribution in [-0.2, 0) is 9.47 Å². The quantitative estimate of drug-likeness (QED) is 0.864. The SMILES string of the molecule is CCOC(=O)N1CCC(NC(=O)OCC(F)(F)F)CC1. The van der Waals surface area contributed by atoms with Gasteiger partial charge in [0.05, 0.1) is 6.61 Å². The van der Waals surface area contributed by atoms with Crippen LogP contribution in [0.2, 0.25) is 0 Å². The van der Waals surface area contributed by atoms with Crippen LogP contribution in [0.5, 0.6) is 0 Å². The summed E-state index contributed by atoms with van der Waals surface area (Å²) in [7, 11) is 0. The van der Waals surface area contributed by atoms with E-state index in [9.17, 15) is 22.8 Å². The van der Waals surface area contributed by atoms with E-state index in [1.807, 2.05) is 0 Å². The van der Waals surface area contributed by atoms with Gasteiger partial charge in [0, 0.05) is 19.1 Å². The highest BCUT2D eigenvalue weighted by molar-refractivity contribution is 5.68. The van der Waals surface area contributed by atoms with Crippen molar-refractivity contribution in [1.82, 2.24) is 10.2 Å². The van der Waals surface area contributed by atoms with Gasteiger partial charge in [-0.25, -0.2) is 9.59 Å². The van der Waals surface area contributed by atoms with Gasteiger partial charge in [0.15, 0.2) is 6.61 Å². The van der Waals surface area contributed by atoms with E-state index in [-0.39, 0.29) is 12.6 Å². The van der Waals surface area contributed by atoms with Crippen molar-refractivity contribution >= 4 is 12.2 Å². The fraction of sp³-hybridized carbons (Fsp3) is 0.818. The first-order valence-electron chi connectivity index (χ1n) is 6.23. The minimum Gasteiger partial charge on any atom is -0.450 e. The number of hydrogen-bond donors (Lipinski definition) is 1.